The zero-order chi connectivity index (χ0) is 26.7. The van der Waals surface area contributed by atoms with Gasteiger partial charge in [0.15, 0.2) is 11.5 Å². The average molecular weight is 416 g/mol. The molecule has 2 rings (SSSR count). The van der Waals surface area contributed by atoms with Gasteiger partial charge in [-0.2, -0.15) is 0 Å². The van der Waals surface area contributed by atoms with E-state index in [-0.39, 0.29) is 34.7 Å². The molecular formula is C20H28N2O5S. The van der Waals surface area contributed by atoms with E-state index >= 15 is 0 Å². The molecule has 154 valence electrons. The van der Waals surface area contributed by atoms with Gasteiger partial charge in [-0.25, -0.2) is 13.6 Å². The molecule has 0 unspecified atom stereocenters. The van der Waals surface area contributed by atoms with Crippen molar-refractivity contribution < 1.29 is 32.2 Å². The Morgan fingerprint density at radius 3 is 2.54 bits per heavy atom. The first kappa shape index (κ1) is 13.8. The van der Waals surface area contributed by atoms with Gasteiger partial charge in [-0.3, -0.25) is 0 Å². The summed E-state index contributed by atoms with van der Waals surface area (Å²) in [6, 6.07) is 9.82. The fourth-order valence-corrected chi connectivity index (χ4v) is 3.25. The number of ether oxygens (including phenoxy) is 3. The van der Waals surface area contributed by atoms with Crippen LogP contribution in [0.2, 0.25) is 0 Å². The van der Waals surface area contributed by atoms with Crippen LogP contribution in [0.1, 0.15) is 28.9 Å². The van der Waals surface area contributed by atoms with Crippen LogP contribution in [0, 0.1) is 0 Å². The van der Waals surface area contributed by atoms with E-state index in [1.165, 1.54) is 43.5 Å². The molecule has 0 spiro atoms. The summed E-state index contributed by atoms with van der Waals surface area (Å²) in [5, 5.41) is 8.20. The number of methoxy groups -OCH3 is 1. The normalized spacial score (nSPS) is 17.6. The predicted molar refractivity (Wildman–Crippen MR) is 109 cm³/mol. The summed E-state index contributed by atoms with van der Waals surface area (Å²) in [4.78, 5) is -0.156. The van der Waals surface area contributed by atoms with Crippen LogP contribution in [0.25, 0.3) is 0 Å². The van der Waals surface area contributed by atoms with Crippen LogP contribution in [0.4, 0.5) is 0 Å². The minimum absolute atomic E-state index is 0.116. The Kier molecular flexibility index (Phi) is 5.09. The van der Waals surface area contributed by atoms with Gasteiger partial charge in [0.05, 0.1) is 19.2 Å². The van der Waals surface area contributed by atoms with Gasteiger partial charge in [0.2, 0.25) is 10.0 Å². The number of nitrogens with two attached hydrogens (primary N) is 1. The van der Waals surface area contributed by atoms with E-state index in [0.717, 1.165) is 0 Å². The highest BCUT2D eigenvalue weighted by atomic mass is 32.2. The standard InChI is InChI=1S/C20H28N2O5S/c1-4-26-17-7-5-6-8-18(17)27-12-11-22-15(2)13-16-9-10-19(25-3)20(14-16)28(21,23)24/h5-10,14-15,22H,4,11-13H2,1-3H3,(H2,21,23,24)/t15-/m1/s1/i1D3,4D2,12D2. The molecule has 0 radical (unpaired) electrons. The number of hydrogen-bond donors (Lipinski definition) is 2. The van der Waals surface area contributed by atoms with Crippen LogP contribution in [0.5, 0.6) is 17.2 Å². The molecule has 0 aromatic heterocycles. The molecule has 2 aromatic rings. The van der Waals surface area contributed by atoms with Gasteiger partial charge in [-0.15, -0.1) is 0 Å². The van der Waals surface area contributed by atoms with E-state index in [0.29, 0.717) is 12.0 Å². The molecule has 0 aliphatic rings. The van der Waals surface area contributed by atoms with Crippen molar-refractivity contribution in [1.29, 1.82) is 0 Å². The molecule has 2 aromatic carbocycles. The van der Waals surface area contributed by atoms with Crippen LogP contribution in [-0.2, 0) is 16.4 Å². The molecule has 0 saturated heterocycles. The van der Waals surface area contributed by atoms with Crippen LogP contribution in [0.15, 0.2) is 47.4 Å². The second kappa shape index (κ2) is 10.3. The van der Waals surface area contributed by atoms with E-state index in [2.05, 4.69) is 5.32 Å². The molecule has 0 saturated carbocycles. The Morgan fingerprint density at radius 2 is 1.89 bits per heavy atom. The van der Waals surface area contributed by atoms with Crippen molar-refractivity contribution in [2.75, 3.05) is 26.8 Å². The van der Waals surface area contributed by atoms with Crippen molar-refractivity contribution >= 4 is 10.0 Å². The van der Waals surface area contributed by atoms with Gasteiger partial charge in [0.1, 0.15) is 17.2 Å². The Hall–Kier alpha value is -2.29. The fraction of sp³-hybridized carbons (Fsp3) is 0.400. The molecule has 1 atom stereocenters. The summed E-state index contributed by atoms with van der Waals surface area (Å²) < 4.78 is 92.4. The molecule has 0 fully saturated rings. The van der Waals surface area contributed by atoms with E-state index in [1.807, 2.05) is 0 Å². The summed E-state index contributed by atoms with van der Waals surface area (Å²) in [6.45, 7) is -6.90. The quantitative estimate of drug-likeness (QED) is 0.584. The van der Waals surface area contributed by atoms with Crippen molar-refractivity contribution in [2.24, 2.45) is 5.14 Å². The van der Waals surface area contributed by atoms with Gasteiger partial charge in [-0.05, 0) is 50.0 Å². The van der Waals surface area contributed by atoms with Gasteiger partial charge >= 0.3 is 0 Å². The van der Waals surface area contributed by atoms with Crippen molar-refractivity contribution in [2.45, 2.75) is 31.1 Å². The first-order valence-electron chi connectivity index (χ1n) is 11.9. The first-order valence-corrected chi connectivity index (χ1v) is 9.90. The molecule has 0 aliphatic heterocycles. The SMILES string of the molecule is [2H]C([2H])(CN[C@H](C)Cc1ccc(OC)c(S(N)(=O)=O)c1)Oc1ccccc1OC([2H])([2H])C([2H])([2H])[2H]. The summed E-state index contributed by atoms with van der Waals surface area (Å²) in [5.41, 5.74) is 0.627. The van der Waals surface area contributed by atoms with Crippen molar-refractivity contribution in [3.63, 3.8) is 0 Å². The van der Waals surface area contributed by atoms with Crippen LogP contribution >= 0.6 is 0 Å². The van der Waals surface area contributed by atoms with E-state index in [1.54, 1.807) is 13.0 Å². The molecule has 8 heteroatoms. The highest BCUT2D eigenvalue weighted by Crippen LogP contribution is 2.26. The Balaban J connectivity index is 2.07. The maximum absolute atomic E-state index is 11.8. The van der Waals surface area contributed by atoms with Crippen LogP contribution in [0.3, 0.4) is 0 Å². The molecule has 0 amide bonds. The number of nitrogens with one attached hydrogen (secondary N) is 1. The topological polar surface area (TPSA) is 99.9 Å². The van der Waals surface area contributed by atoms with Gasteiger partial charge in [-0.1, -0.05) is 18.2 Å². The first-order chi connectivity index (χ1) is 15.9. The molecule has 0 heterocycles. The Morgan fingerprint density at radius 1 is 1.18 bits per heavy atom. The Bertz CT molecular complexity index is 1130. The lowest BCUT2D eigenvalue weighted by Crippen LogP contribution is -2.32. The molecule has 0 aliphatic carbocycles. The van der Waals surface area contributed by atoms with Crippen molar-refractivity contribution in [3.05, 3.63) is 48.0 Å². The van der Waals surface area contributed by atoms with E-state index < -0.39 is 30.0 Å². The van der Waals surface area contributed by atoms with Gasteiger partial charge < -0.3 is 19.5 Å². The highest BCUT2D eigenvalue weighted by molar-refractivity contribution is 7.89. The second-order valence-corrected chi connectivity index (χ2v) is 7.44. The molecule has 0 bridgehead atoms. The zero-order valence-corrected chi connectivity index (χ0v) is 16.4. The highest BCUT2D eigenvalue weighted by Gasteiger charge is 2.16. The van der Waals surface area contributed by atoms with Crippen LogP contribution in [-0.4, -0.2) is 41.2 Å². The zero-order valence-electron chi connectivity index (χ0n) is 22.6. The smallest absolute Gasteiger partial charge is 0.241 e. The maximum Gasteiger partial charge on any atom is 0.241 e. The number of para-hydroxylation sites is 2. The van der Waals surface area contributed by atoms with Gasteiger partial charge in [0, 0.05) is 16.7 Å². The molecule has 28 heavy (non-hydrogen) atoms. The third-order valence-corrected chi connectivity index (χ3v) is 4.72. The van der Waals surface area contributed by atoms with Crippen molar-refractivity contribution in [1.82, 2.24) is 5.32 Å². The Labute approximate surface area is 176 Å². The minimum Gasteiger partial charge on any atom is -0.495 e. The summed E-state index contributed by atoms with van der Waals surface area (Å²) in [7, 11) is -2.67. The summed E-state index contributed by atoms with van der Waals surface area (Å²) in [6.07, 6.45) is 0.334. The fourth-order valence-electron chi connectivity index (χ4n) is 2.50. The minimum atomic E-state index is -4.00. The second-order valence-electron chi connectivity index (χ2n) is 5.91. The summed E-state index contributed by atoms with van der Waals surface area (Å²) in [5.74, 6) is -0.322. The third kappa shape index (κ3) is 6.40. The lowest BCUT2D eigenvalue weighted by molar-refractivity contribution is 0.272. The molecule has 3 N–H and O–H groups in total. The molecular weight excluding hydrogens is 380 g/mol. The van der Waals surface area contributed by atoms with Crippen molar-refractivity contribution in [3.8, 4) is 17.2 Å². The number of hydrogen-bond acceptors (Lipinski definition) is 6. The number of rotatable bonds is 11. The molecule has 7 nitrogen and oxygen atoms in total. The average Bonchev–Trinajstić information content (AvgIpc) is 2.72. The number of sulfonamides is 1. The number of benzene rings is 2. The van der Waals surface area contributed by atoms with Crippen LogP contribution < -0.4 is 24.7 Å². The third-order valence-electron chi connectivity index (χ3n) is 3.79. The lowest BCUT2D eigenvalue weighted by Gasteiger charge is -2.16. The van der Waals surface area contributed by atoms with E-state index in [9.17, 15) is 8.42 Å². The monoisotopic (exact) mass is 415 g/mol. The maximum atomic E-state index is 11.8. The lowest BCUT2D eigenvalue weighted by atomic mass is 10.1. The summed E-state index contributed by atoms with van der Waals surface area (Å²) >= 11 is 0. The van der Waals surface area contributed by atoms with Gasteiger partial charge in [0.25, 0.3) is 0 Å². The van der Waals surface area contributed by atoms with E-state index in [4.69, 9.17) is 28.9 Å². The predicted octanol–water partition coefficient (Wildman–Crippen LogP) is 2.34. The number of primary sulfonamides is 1. The largest absolute Gasteiger partial charge is 0.495 e.